The lowest BCUT2D eigenvalue weighted by Gasteiger charge is -2.17. The standard InChI is InChI=1S/C9H9IO3/c10-7-5-6(1-2-8(7)11)9-12-3-4-13-9/h1-2,5-6,9H,3-4H2. The van der Waals surface area contributed by atoms with E-state index in [-0.39, 0.29) is 18.0 Å². The first-order valence-electron chi connectivity index (χ1n) is 4.10. The predicted octanol–water partition coefficient (Wildman–Crippen LogP) is 1.43. The Bertz CT molecular complexity index is 277. The molecule has 0 spiro atoms. The lowest BCUT2D eigenvalue weighted by atomic mass is 10.0. The second-order valence-corrected chi connectivity index (χ2v) is 4.09. The molecule has 1 aliphatic heterocycles. The third-order valence-electron chi connectivity index (χ3n) is 2.01. The van der Waals surface area contributed by atoms with Crippen molar-refractivity contribution in [3.63, 3.8) is 0 Å². The van der Waals surface area contributed by atoms with Crippen LogP contribution < -0.4 is 0 Å². The molecule has 4 heteroatoms. The maximum absolute atomic E-state index is 11.1. The fraction of sp³-hybridized carbons (Fsp3) is 0.444. The third-order valence-corrected chi connectivity index (χ3v) is 2.90. The van der Waals surface area contributed by atoms with Gasteiger partial charge >= 0.3 is 0 Å². The van der Waals surface area contributed by atoms with Crippen LogP contribution in [0.5, 0.6) is 0 Å². The Hall–Kier alpha value is -0.200. The number of halogens is 1. The van der Waals surface area contributed by atoms with Gasteiger partial charge in [-0.05, 0) is 28.7 Å². The van der Waals surface area contributed by atoms with Crippen LogP contribution in [0.1, 0.15) is 0 Å². The molecule has 1 heterocycles. The van der Waals surface area contributed by atoms with Gasteiger partial charge in [0.1, 0.15) is 0 Å². The Kier molecular flexibility index (Phi) is 2.80. The zero-order chi connectivity index (χ0) is 9.26. The fourth-order valence-electron chi connectivity index (χ4n) is 1.35. The highest BCUT2D eigenvalue weighted by Crippen LogP contribution is 2.25. The van der Waals surface area contributed by atoms with E-state index >= 15 is 0 Å². The first-order chi connectivity index (χ1) is 6.27. The molecule has 0 aromatic heterocycles. The molecular formula is C9H9IO3. The molecule has 1 unspecified atom stereocenters. The Labute approximate surface area is 89.9 Å². The highest BCUT2D eigenvalue weighted by molar-refractivity contribution is 14.1. The van der Waals surface area contributed by atoms with E-state index in [1.165, 1.54) is 0 Å². The number of allylic oxidation sites excluding steroid dienone is 2. The summed E-state index contributed by atoms with van der Waals surface area (Å²) in [6, 6.07) is 0. The van der Waals surface area contributed by atoms with Crippen LogP contribution in [0.3, 0.4) is 0 Å². The Morgan fingerprint density at radius 3 is 2.69 bits per heavy atom. The molecule has 13 heavy (non-hydrogen) atoms. The van der Waals surface area contributed by atoms with Crippen molar-refractivity contribution in [3.8, 4) is 0 Å². The molecule has 1 fully saturated rings. The van der Waals surface area contributed by atoms with Crippen molar-refractivity contribution >= 4 is 28.4 Å². The molecule has 3 nitrogen and oxygen atoms in total. The molecule has 0 N–H and O–H groups in total. The molecule has 0 aromatic carbocycles. The first-order valence-corrected chi connectivity index (χ1v) is 5.18. The van der Waals surface area contributed by atoms with Crippen molar-refractivity contribution in [1.82, 2.24) is 0 Å². The minimum atomic E-state index is -0.200. The highest BCUT2D eigenvalue weighted by atomic mass is 127. The topological polar surface area (TPSA) is 35.5 Å². The maximum Gasteiger partial charge on any atom is 0.191 e. The van der Waals surface area contributed by atoms with E-state index in [4.69, 9.17) is 9.47 Å². The smallest absolute Gasteiger partial charge is 0.191 e. The SMILES string of the molecule is O=C1C=CC(C2OCCO2)C=C1I. The number of ketones is 1. The van der Waals surface area contributed by atoms with E-state index in [0.29, 0.717) is 13.2 Å². The van der Waals surface area contributed by atoms with Gasteiger partial charge in [-0.25, -0.2) is 0 Å². The quantitative estimate of drug-likeness (QED) is 0.686. The minimum absolute atomic E-state index is 0.0647. The summed E-state index contributed by atoms with van der Waals surface area (Å²) in [5.41, 5.74) is 0. The normalized spacial score (nSPS) is 29.5. The van der Waals surface area contributed by atoms with Crippen LogP contribution in [0.25, 0.3) is 0 Å². The number of hydrogen-bond acceptors (Lipinski definition) is 3. The maximum atomic E-state index is 11.1. The van der Waals surface area contributed by atoms with E-state index < -0.39 is 0 Å². The summed E-state index contributed by atoms with van der Waals surface area (Å²) in [6.45, 7) is 1.29. The Morgan fingerprint density at radius 1 is 1.38 bits per heavy atom. The van der Waals surface area contributed by atoms with Crippen LogP contribution in [0.2, 0.25) is 0 Å². The Balaban J connectivity index is 2.09. The highest BCUT2D eigenvalue weighted by Gasteiger charge is 2.26. The third kappa shape index (κ3) is 2.00. The molecule has 0 aromatic rings. The van der Waals surface area contributed by atoms with Gasteiger partial charge in [0, 0.05) is 5.92 Å². The molecular weight excluding hydrogens is 283 g/mol. The molecule has 0 amide bonds. The summed E-state index contributed by atoms with van der Waals surface area (Å²) in [5.74, 6) is 0.155. The van der Waals surface area contributed by atoms with E-state index in [1.807, 2.05) is 34.7 Å². The van der Waals surface area contributed by atoms with Gasteiger partial charge in [0.2, 0.25) is 0 Å². The van der Waals surface area contributed by atoms with Gasteiger partial charge in [0.25, 0.3) is 0 Å². The van der Waals surface area contributed by atoms with Crippen LogP contribution in [0.4, 0.5) is 0 Å². The summed E-state index contributed by atoms with van der Waals surface area (Å²) >= 11 is 2.03. The minimum Gasteiger partial charge on any atom is -0.349 e. The number of carbonyl (C=O) groups is 1. The van der Waals surface area contributed by atoms with Gasteiger partial charge in [0.15, 0.2) is 12.1 Å². The van der Waals surface area contributed by atoms with Crippen LogP contribution in [-0.4, -0.2) is 25.3 Å². The number of carbonyl (C=O) groups excluding carboxylic acids is 1. The zero-order valence-electron chi connectivity index (χ0n) is 6.90. The molecule has 0 saturated carbocycles. The van der Waals surface area contributed by atoms with Gasteiger partial charge in [-0.15, -0.1) is 0 Å². The molecule has 1 atom stereocenters. The van der Waals surface area contributed by atoms with Crippen molar-refractivity contribution in [2.24, 2.45) is 5.92 Å². The van der Waals surface area contributed by atoms with Crippen molar-refractivity contribution in [2.75, 3.05) is 13.2 Å². The van der Waals surface area contributed by atoms with Crippen LogP contribution in [0, 0.1) is 5.92 Å². The van der Waals surface area contributed by atoms with Crippen molar-refractivity contribution < 1.29 is 14.3 Å². The molecule has 70 valence electrons. The Morgan fingerprint density at radius 2 is 2.08 bits per heavy atom. The van der Waals surface area contributed by atoms with Gasteiger partial charge in [0.05, 0.1) is 16.8 Å². The van der Waals surface area contributed by atoms with Gasteiger partial charge in [-0.1, -0.05) is 12.2 Å². The van der Waals surface area contributed by atoms with Crippen molar-refractivity contribution in [2.45, 2.75) is 6.29 Å². The van der Waals surface area contributed by atoms with Crippen LogP contribution in [-0.2, 0) is 14.3 Å². The van der Waals surface area contributed by atoms with Crippen molar-refractivity contribution in [3.05, 3.63) is 21.8 Å². The zero-order valence-corrected chi connectivity index (χ0v) is 9.06. The molecule has 1 saturated heterocycles. The van der Waals surface area contributed by atoms with E-state index in [1.54, 1.807) is 6.08 Å². The van der Waals surface area contributed by atoms with E-state index in [0.717, 1.165) is 3.58 Å². The van der Waals surface area contributed by atoms with Crippen molar-refractivity contribution in [1.29, 1.82) is 0 Å². The summed E-state index contributed by atoms with van der Waals surface area (Å²) in [6.07, 6.45) is 5.10. The summed E-state index contributed by atoms with van der Waals surface area (Å²) in [4.78, 5) is 11.1. The van der Waals surface area contributed by atoms with Gasteiger partial charge in [-0.3, -0.25) is 4.79 Å². The van der Waals surface area contributed by atoms with Gasteiger partial charge < -0.3 is 9.47 Å². The lowest BCUT2D eigenvalue weighted by molar-refractivity contribution is -0.111. The monoisotopic (exact) mass is 292 g/mol. The summed E-state index contributed by atoms with van der Waals surface area (Å²) in [5, 5.41) is 0. The van der Waals surface area contributed by atoms with Gasteiger partial charge in [-0.2, -0.15) is 0 Å². The lowest BCUT2D eigenvalue weighted by Crippen LogP contribution is -2.20. The number of ether oxygens (including phenoxy) is 2. The molecule has 1 aliphatic carbocycles. The van der Waals surface area contributed by atoms with E-state index in [2.05, 4.69) is 0 Å². The average molecular weight is 292 g/mol. The molecule has 0 bridgehead atoms. The summed E-state index contributed by atoms with van der Waals surface area (Å²) < 4.78 is 11.4. The number of hydrogen-bond donors (Lipinski definition) is 0. The second-order valence-electron chi connectivity index (χ2n) is 2.93. The summed E-state index contributed by atoms with van der Waals surface area (Å²) in [7, 11) is 0. The molecule has 2 aliphatic rings. The average Bonchev–Trinajstić information content (AvgIpc) is 2.62. The van der Waals surface area contributed by atoms with E-state index in [9.17, 15) is 4.79 Å². The molecule has 0 radical (unpaired) electrons. The largest absolute Gasteiger partial charge is 0.349 e. The second kappa shape index (κ2) is 3.89. The first kappa shape index (κ1) is 9.36. The fourth-order valence-corrected chi connectivity index (χ4v) is 1.95. The van der Waals surface area contributed by atoms with Crippen LogP contribution >= 0.6 is 22.6 Å². The predicted molar refractivity (Wildman–Crippen MR) is 55.4 cm³/mol. The van der Waals surface area contributed by atoms with Crippen LogP contribution in [0.15, 0.2) is 21.8 Å². The molecule has 2 rings (SSSR count). The number of rotatable bonds is 1.